The highest BCUT2D eigenvalue weighted by molar-refractivity contribution is 5.68. The minimum atomic E-state index is -0.816. The van der Waals surface area contributed by atoms with E-state index in [0.717, 1.165) is 18.9 Å². The van der Waals surface area contributed by atoms with Crippen LogP contribution >= 0.6 is 0 Å². The van der Waals surface area contributed by atoms with Gasteiger partial charge in [0, 0.05) is 13.1 Å². The Morgan fingerprint density at radius 3 is 2.71 bits per heavy atom. The first-order chi connectivity index (χ1) is 6.75. The molecule has 0 aliphatic carbocycles. The van der Waals surface area contributed by atoms with Crippen LogP contribution in [0.5, 0.6) is 5.75 Å². The first-order valence-electron chi connectivity index (χ1n) is 4.44. The highest BCUT2D eigenvalue weighted by Crippen LogP contribution is 2.19. The van der Waals surface area contributed by atoms with E-state index in [0.29, 0.717) is 5.75 Å². The lowest BCUT2D eigenvalue weighted by molar-refractivity contribution is 0.210. The van der Waals surface area contributed by atoms with E-state index < -0.39 is 6.09 Å². The third-order valence-corrected chi connectivity index (χ3v) is 2.12. The Morgan fingerprint density at radius 1 is 1.50 bits per heavy atom. The van der Waals surface area contributed by atoms with Gasteiger partial charge < -0.3 is 15.4 Å². The molecule has 0 radical (unpaired) electrons. The van der Waals surface area contributed by atoms with Gasteiger partial charge in [-0.2, -0.15) is 0 Å². The van der Waals surface area contributed by atoms with E-state index in [1.165, 1.54) is 12.6 Å². The summed E-state index contributed by atoms with van der Waals surface area (Å²) in [7, 11) is 0. The normalized spacial score (nSPS) is 14.7. The zero-order valence-electron chi connectivity index (χ0n) is 7.64. The first-order valence-corrected chi connectivity index (χ1v) is 4.44. The van der Waals surface area contributed by atoms with Crippen molar-refractivity contribution in [2.75, 3.05) is 18.0 Å². The van der Waals surface area contributed by atoms with Crippen LogP contribution in [0, 0.1) is 0 Å². The topological polar surface area (TPSA) is 68.5 Å². The molecular weight excluding hydrogens is 182 g/mol. The van der Waals surface area contributed by atoms with Crippen LogP contribution in [-0.2, 0) is 0 Å². The largest absolute Gasteiger partial charge is 0.410 e. The van der Waals surface area contributed by atoms with Gasteiger partial charge in [-0.05, 0) is 18.6 Å². The number of carbonyl (C=O) groups excluding carboxylic acids is 1. The summed E-state index contributed by atoms with van der Waals surface area (Å²) in [6.45, 7) is 2.09. The van der Waals surface area contributed by atoms with Crippen LogP contribution < -0.4 is 15.4 Å². The van der Waals surface area contributed by atoms with Gasteiger partial charge >= 0.3 is 6.09 Å². The highest BCUT2D eigenvalue weighted by Gasteiger charge is 2.15. The quantitative estimate of drug-likeness (QED) is 0.752. The Labute approximate surface area is 81.5 Å². The number of pyridine rings is 1. The lowest BCUT2D eigenvalue weighted by atomic mass is 10.2. The lowest BCUT2D eigenvalue weighted by Crippen LogP contribution is -2.37. The maximum Gasteiger partial charge on any atom is 0.410 e. The fourth-order valence-electron chi connectivity index (χ4n) is 1.28. The SMILES string of the molecule is NC(=O)Oc1ccc(N2CCC2)nc1. The van der Waals surface area contributed by atoms with Crippen molar-refractivity contribution < 1.29 is 9.53 Å². The Hall–Kier alpha value is -1.78. The van der Waals surface area contributed by atoms with E-state index >= 15 is 0 Å². The van der Waals surface area contributed by atoms with Crippen molar-refractivity contribution >= 4 is 11.9 Å². The van der Waals surface area contributed by atoms with E-state index in [9.17, 15) is 4.79 Å². The molecule has 1 amide bonds. The van der Waals surface area contributed by atoms with Gasteiger partial charge in [-0.25, -0.2) is 9.78 Å². The molecule has 1 saturated heterocycles. The van der Waals surface area contributed by atoms with Crippen LogP contribution in [0.1, 0.15) is 6.42 Å². The summed E-state index contributed by atoms with van der Waals surface area (Å²) in [5.74, 6) is 1.29. The van der Waals surface area contributed by atoms with Gasteiger partial charge in [0.1, 0.15) is 5.82 Å². The number of hydrogen-bond donors (Lipinski definition) is 1. The van der Waals surface area contributed by atoms with Crippen LogP contribution in [0.2, 0.25) is 0 Å². The number of hydrogen-bond acceptors (Lipinski definition) is 4. The first kappa shape index (κ1) is 8.80. The van der Waals surface area contributed by atoms with Gasteiger partial charge in [0.15, 0.2) is 5.75 Å². The minimum Gasteiger partial charge on any atom is -0.409 e. The van der Waals surface area contributed by atoms with E-state index in [1.807, 2.05) is 6.07 Å². The second kappa shape index (κ2) is 3.53. The third-order valence-electron chi connectivity index (χ3n) is 2.12. The van der Waals surface area contributed by atoms with E-state index in [2.05, 4.69) is 14.6 Å². The van der Waals surface area contributed by atoms with Gasteiger partial charge in [0.05, 0.1) is 6.20 Å². The van der Waals surface area contributed by atoms with Crippen molar-refractivity contribution in [2.45, 2.75) is 6.42 Å². The molecule has 5 heteroatoms. The minimum absolute atomic E-state index is 0.377. The van der Waals surface area contributed by atoms with Crippen LogP contribution in [0.3, 0.4) is 0 Å². The fraction of sp³-hybridized carbons (Fsp3) is 0.333. The molecule has 0 saturated carbocycles. The zero-order chi connectivity index (χ0) is 9.97. The molecule has 0 atom stereocenters. The standard InChI is InChI=1S/C9H11N3O2/c10-9(13)14-7-2-3-8(11-6-7)12-4-1-5-12/h2-3,6H,1,4-5H2,(H2,10,13). The van der Waals surface area contributed by atoms with Crippen LogP contribution in [0.4, 0.5) is 10.6 Å². The average Bonchev–Trinajstić information content (AvgIpc) is 2.04. The molecule has 1 aliphatic heterocycles. The molecule has 0 unspecified atom stereocenters. The summed E-state index contributed by atoms with van der Waals surface area (Å²) < 4.78 is 4.66. The maximum absolute atomic E-state index is 10.4. The summed E-state index contributed by atoms with van der Waals surface area (Å²) in [6.07, 6.45) is 1.89. The number of aromatic nitrogens is 1. The zero-order valence-corrected chi connectivity index (χ0v) is 7.64. The number of primary amides is 1. The van der Waals surface area contributed by atoms with E-state index in [1.54, 1.807) is 6.07 Å². The molecule has 1 aromatic rings. The van der Waals surface area contributed by atoms with Crippen LogP contribution in [-0.4, -0.2) is 24.2 Å². The number of rotatable bonds is 2. The van der Waals surface area contributed by atoms with Crippen LogP contribution in [0.15, 0.2) is 18.3 Å². The highest BCUT2D eigenvalue weighted by atomic mass is 16.5. The van der Waals surface area contributed by atoms with E-state index in [-0.39, 0.29) is 0 Å². The number of nitrogens with two attached hydrogens (primary N) is 1. The molecule has 0 aromatic carbocycles. The van der Waals surface area contributed by atoms with Gasteiger partial charge in [-0.3, -0.25) is 0 Å². The summed E-state index contributed by atoms with van der Waals surface area (Å²) in [5, 5.41) is 0. The van der Waals surface area contributed by atoms with Crippen LogP contribution in [0.25, 0.3) is 0 Å². The summed E-state index contributed by atoms with van der Waals surface area (Å²) in [4.78, 5) is 16.7. The average molecular weight is 193 g/mol. The molecule has 1 fully saturated rings. The molecule has 2 N–H and O–H groups in total. The Kier molecular flexibility index (Phi) is 2.22. The molecule has 1 aliphatic rings. The number of ether oxygens (including phenoxy) is 1. The Balaban J connectivity index is 2.05. The lowest BCUT2D eigenvalue weighted by Gasteiger charge is -2.31. The number of nitrogens with zero attached hydrogens (tertiary/aromatic N) is 2. The number of amides is 1. The molecule has 74 valence electrons. The Bertz CT molecular complexity index is 332. The van der Waals surface area contributed by atoms with Crippen molar-refractivity contribution in [2.24, 2.45) is 5.73 Å². The van der Waals surface area contributed by atoms with Crippen molar-refractivity contribution in [3.8, 4) is 5.75 Å². The number of anilines is 1. The predicted molar refractivity (Wildman–Crippen MR) is 51.3 cm³/mol. The maximum atomic E-state index is 10.4. The molecule has 1 aromatic heterocycles. The number of carbonyl (C=O) groups is 1. The molecule has 14 heavy (non-hydrogen) atoms. The van der Waals surface area contributed by atoms with Crippen molar-refractivity contribution in [1.29, 1.82) is 0 Å². The smallest absolute Gasteiger partial charge is 0.409 e. The monoisotopic (exact) mass is 193 g/mol. The predicted octanol–water partition coefficient (Wildman–Crippen LogP) is 0.749. The van der Waals surface area contributed by atoms with Gasteiger partial charge in [-0.1, -0.05) is 0 Å². The molecular formula is C9H11N3O2. The molecule has 0 bridgehead atoms. The molecule has 2 heterocycles. The second-order valence-electron chi connectivity index (χ2n) is 3.11. The van der Waals surface area contributed by atoms with E-state index in [4.69, 9.17) is 5.73 Å². The van der Waals surface area contributed by atoms with Crippen molar-refractivity contribution in [3.05, 3.63) is 18.3 Å². The van der Waals surface area contributed by atoms with Gasteiger partial charge in [0.25, 0.3) is 0 Å². The summed E-state index contributed by atoms with van der Waals surface area (Å²) >= 11 is 0. The Morgan fingerprint density at radius 2 is 2.29 bits per heavy atom. The molecule has 5 nitrogen and oxygen atoms in total. The fourth-order valence-corrected chi connectivity index (χ4v) is 1.28. The second-order valence-corrected chi connectivity index (χ2v) is 3.11. The third kappa shape index (κ3) is 1.76. The van der Waals surface area contributed by atoms with Crippen molar-refractivity contribution in [3.63, 3.8) is 0 Å². The van der Waals surface area contributed by atoms with Crippen molar-refractivity contribution in [1.82, 2.24) is 4.98 Å². The van der Waals surface area contributed by atoms with Gasteiger partial charge in [0.2, 0.25) is 0 Å². The molecule has 2 rings (SSSR count). The summed E-state index contributed by atoms with van der Waals surface area (Å²) in [5.41, 5.74) is 4.86. The van der Waals surface area contributed by atoms with Gasteiger partial charge in [-0.15, -0.1) is 0 Å². The molecule has 0 spiro atoms. The summed E-state index contributed by atoms with van der Waals surface area (Å²) in [6, 6.07) is 3.50.